The van der Waals surface area contributed by atoms with Gasteiger partial charge in [0.25, 0.3) is 5.91 Å². The molecule has 0 saturated heterocycles. The van der Waals surface area contributed by atoms with Crippen molar-refractivity contribution in [3.63, 3.8) is 0 Å². The van der Waals surface area contributed by atoms with Crippen LogP contribution in [0.25, 0.3) is 11.4 Å². The second kappa shape index (κ2) is 5.76. The van der Waals surface area contributed by atoms with Crippen LogP contribution < -0.4 is 0 Å². The van der Waals surface area contributed by atoms with Gasteiger partial charge in [-0.05, 0) is 31.2 Å². The van der Waals surface area contributed by atoms with Crippen LogP contribution in [0.2, 0.25) is 0 Å². The van der Waals surface area contributed by atoms with Crippen molar-refractivity contribution in [2.45, 2.75) is 26.4 Å². The number of nitrogens with zero attached hydrogens (tertiary/aromatic N) is 8. The van der Waals surface area contributed by atoms with E-state index in [4.69, 9.17) is 0 Å². The van der Waals surface area contributed by atoms with Crippen molar-refractivity contribution in [3.8, 4) is 11.4 Å². The van der Waals surface area contributed by atoms with Crippen LogP contribution in [0.1, 0.15) is 35.0 Å². The van der Waals surface area contributed by atoms with Crippen LogP contribution in [-0.4, -0.2) is 52.3 Å². The number of carbonyl (C=O) groups is 1. The lowest BCUT2D eigenvalue weighted by Gasteiger charge is -2.32. The predicted molar refractivity (Wildman–Crippen MR) is 88.4 cm³/mol. The van der Waals surface area contributed by atoms with Gasteiger partial charge in [-0.15, -0.1) is 20.4 Å². The molecule has 0 N–H and O–H groups in total. The number of carbonyl (C=O) groups excluding carboxylic acids is 1. The molecule has 0 bridgehead atoms. The SMILES string of the molecule is Cc1nnc2n1C(C)CN(C(=O)c1ccc(-c3nnn(C)n3)cc1)C2. The molecule has 1 atom stereocenters. The van der Waals surface area contributed by atoms with Gasteiger partial charge in [0, 0.05) is 17.7 Å². The molecular weight excluding hydrogens is 320 g/mol. The van der Waals surface area contributed by atoms with E-state index >= 15 is 0 Å². The second-order valence-corrected chi connectivity index (χ2v) is 6.25. The summed E-state index contributed by atoms with van der Waals surface area (Å²) < 4.78 is 2.09. The van der Waals surface area contributed by atoms with E-state index in [1.165, 1.54) is 4.80 Å². The van der Waals surface area contributed by atoms with Gasteiger partial charge in [-0.1, -0.05) is 12.1 Å². The number of fused-ring (bicyclic) bond motifs is 1. The molecular formula is C16H18N8O. The number of benzene rings is 1. The van der Waals surface area contributed by atoms with Gasteiger partial charge in [0.1, 0.15) is 5.82 Å². The topological polar surface area (TPSA) is 94.6 Å². The summed E-state index contributed by atoms with van der Waals surface area (Å²) in [5.74, 6) is 2.23. The lowest BCUT2D eigenvalue weighted by Crippen LogP contribution is -2.40. The molecule has 25 heavy (non-hydrogen) atoms. The first-order chi connectivity index (χ1) is 12.0. The van der Waals surface area contributed by atoms with E-state index in [0.717, 1.165) is 17.2 Å². The van der Waals surface area contributed by atoms with Crippen LogP contribution in [-0.2, 0) is 13.6 Å². The molecule has 2 aromatic heterocycles. The number of rotatable bonds is 2. The third-order valence-electron chi connectivity index (χ3n) is 4.38. The molecule has 1 aromatic carbocycles. The van der Waals surface area contributed by atoms with Crippen molar-refractivity contribution in [2.24, 2.45) is 7.05 Å². The number of aromatic nitrogens is 7. The summed E-state index contributed by atoms with van der Waals surface area (Å²) in [7, 11) is 1.71. The first kappa shape index (κ1) is 15.4. The molecule has 1 unspecified atom stereocenters. The molecule has 9 heteroatoms. The number of hydrogen-bond acceptors (Lipinski definition) is 6. The van der Waals surface area contributed by atoms with Crippen LogP contribution in [0.3, 0.4) is 0 Å². The molecule has 128 valence electrons. The molecule has 1 amide bonds. The molecule has 1 aliphatic rings. The summed E-state index contributed by atoms with van der Waals surface area (Å²) in [4.78, 5) is 16.0. The standard InChI is InChI=1S/C16H18N8O/c1-10-8-23(9-14-18-17-11(2)24(10)14)16(25)13-6-4-12(5-7-13)15-19-21-22(3)20-15/h4-7,10H,8-9H2,1-3H3. The van der Waals surface area contributed by atoms with Gasteiger partial charge in [0.2, 0.25) is 5.82 Å². The third-order valence-corrected chi connectivity index (χ3v) is 4.38. The van der Waals surface area contributed by atoms with Gasteiger partial charge in [0.05, 0.1) is 19.6 Å². The fourth-order valence-electron chi connectivity index (χ4n) is 3.23. The lowest BCUT2D eigenvalue weighted by molar-refractivity contribution is 0.0680. The van der Waals surface area contributed by atoms with Gasteiger partial charge in [0.15, 0.2) is 5.82 Å². The van der Waals surface area contributed by atoms with Crippen molar-refractivity contribution in [3.05, 3.63) is 41.5 Å². The van der Waals surface area contributed by atoms with Crippen LogP contribution in [0.15, 0.2) is 24.3 Å². The maximum Gasteiger partial charge on any atom is 0.254 e. The van der Waals surface area contributed by atoms with E-state index in [-0.39, 0.29) is 11.9 Å². The van der Waals surface area contributed by atoms with E-state index in [1.54, 1.807) is 19.2 Å². The minimum atomic E-state index is -0.0163. The summed E-state index contributed by atoms with van der Waals surface area (Å²) in [5, 5.41) is 20.3. The first-order valence-corrected chi connectivity index (χ1v) is 8.07. The van der Waals surface area contributed by atoms with Crippen molar-refractivity contribution in [1.29, 1.82) is 0 Å². The average molecular weight is 338 g/mol. The van der Waals surface area contributed by atoms with Crippen molar-refractivity contribution in [2.75, 3.05) is 6.54 Å². The summed E-state index contributed by atoms with van der Waals surface area (Å²) >= 11 is 0. The Balaban J connectivity index is 1.55. The Hall–Kier alpha value is -3.10. The minimum absolute atomic E-state index is 0.0163. The summed E-state index contributed by atoms with van der Waals surface area (Å²) in [6.45, 7) is 5.11. The van der Waals surface area contributed by atoms with Crippen LogP contribution in [0, 0.1) is 6.92 Å². The predicted octanol–water partition coefficient (Wildman–Crippen LogP) is 0.994. The highest BCUT2D eigenvalue weighted by molar-refractivity contribution is 5.94. The fourth-order valence-corrected chi connectivity index (χ4v) is 3.23. The monoisotopic (exact) mass is 338 g/mol. The molecule has 0 saturated carbocycles. The minimum Gasteiger partial charge on any atom is -0.329 e. The molecule has 0 aliphatic carbocycles. The van der Waals surface area contributed by atoms with E-state index < -0.39 is 0 Å². The lowest BCUT2D eigenvalue weighted by atomic mass is 10.1. The first-order valence-electron chi connectivity index (χ1n) is 8.07. The van der Waals surface area contributed by atoms with Gasteiger partial charge in [-0.2, -0.15) is 4.80 Å². The maximum absolute atomic E-state index is 12.8. The van der Waals surface area contributed by atoms with Gasteiger partial charge in [-0.3, -0.25) is 4.79 Å². The molecule has 3 aromatic rings. The van der Waals surface area contributed by atoms with Crippen molar-refractivity contribution >= 4 is 5.91 Å². The zero-order valence-corrected chi connectivity index (χ0v) is 14.3. The summed E-state index contributed by atoms with van der Waals surface area (Å²) in [5.41, 5.74) is 1.46. The molecule has 0 spiro atoms. The smallest absolute Gasteiger partial charge is 0.254 e. The highest BCUT2D eigenvalue weighted by Gasteiger charge is 2.28. The zero-order chi connectivity index (χ0) is 17.6. The number of amides is 1. The second-order valence-electron chi connectivity index (χ2n) is 6.25. The molecule has 0 radical (unpaired) electrons. The largest absolute Gasteiger partial charge is 0.329 e. The van der Waals surface area contributed by atoms with Crippen molar-refractivity contribution in [1.82, 2.24) is 39.9 Å². The average Bonchev–Trinajstić information content (AvgIpc) is 3.21. The van der Waals surface area contributed by atoms with Crippen LogP contribution in [0.5, 0.6) is 0 Å². The highest BCUT2D eigenvalue weighted by atomic mass is 16.2. The van der Waals surface area contributed by atoms with Crippen molar-refractivity contribution < 1.29 is 4.79 Å². The summed E-state index contributed by atoms with van der Waals surface area (Å²) in [6.07, 6.45) is 0. The Kier molecular flexibility index (Phi) is 3.56. The van der Waals surface area contributed by atoms with Gasteiger partial charge < -0.3 is 9.47 Å². The molecule has 1 aliphatic heterocycles. The van der Waals surface area contributed by atoms with E-state index in [0.29, 0.717) is 24.5 Å². The van der Waals surface area contributed by atoms with Crippen LogP contribution in [0.4, 0.5) is 0 Å². The van der Waals surface area contributed by atoms with E-state index in [2.05, 4.69) is 37.1 Å². The fraction of sp³-hybridized carbons (Fsp3) is 0.375. The quantitative estimate of drug-likeness (QED) is 0.692. The highest BCUT2D eigenvalue weighted by Crippen LogP contribution is 2.23. The Bertz CT molecular complexity index is 926. The normalized spacial score (nSPS) is 16.8. The maximum atomic E-state index is 12.8. The number of hydrogen-bond donors (Lipinski definition) is 0. The number of tetrazole rings is 1. The Morgan fingerprint density at radius 3 is 2.60 bits per heavy atom. The Morgan fingerprint density at radius 2 is 1.92 bits per heavy atom. The molecule has 4 rings (SSSR count). The molecule has 0 fully saturated rings. The zero-order valence-electron chi connectivity index (χ0n) is 14.3. The van der Waals surface area contributed by atoms with Gasteiger partial charge in [-0.25, -0.2) is 0 Å². The van der Waals surface area contributed by atoms with E-state index in [9.17, 15) is 4.79 Å². The number of aryl methyl sites for hydroxylation is 2. The van der Waals surface area contributed by atoms with Gasteiger partial charge >= 0.3 is 0 Å². The van der Waals surface area contributed by atoms with E-state index in [1.807, 2.05) is 24.0 Å². The summed E-state index contributed by atoms with van der Waals surface area (Å²) in [6, 6.07) is 7.42. The Labute approximate surface area is 144 Å². The third kappa shape index (κ3) is 2.67. The molecule has 3 heterocycles. The van der Waals surface area contributed by atoms with Crippen LogP contribution >= 0.6 is 0 Å². The molecule has 9 nitrogen and oxygen atoms in total. The Morgan fingerprint density at radius 1 is 1.16 bits per heavy atom.